The fraction of sp³-hybridized carbons (Fsp3) is 0.594. The SMILES string of the molecule is Cc1cccc(CCC(=O)N(C)C2CC[C@@]3(O)[C@H]4Cc5ccc(O)c6c5[C@@]3(CCN4CC3CC3)C2(C)O6)c1. The molecule has 7 rings (SSSR count). The maximum atomic E-state index is 13.6. The van der Waals surface area contributed by atoms with Crippen LogP contribution in [-0.4, -0.2) is 69.3 Å². The number of nitrogens with zero attached hydrogens (tertiary/aromatic N) is 2. The molecule has 1 saturated heterocycles. The predicted molar refractivity (Wildman–Crippen MR) is 145 cm³/mol. The quantitative estimate of drug-likeness (QED) is 0.605. The van der Waals surface area contributed by atoms with E-state index in [4.69, 9.17) is 4.74 Å². The van der Waals surface area contributed by atoms with Crippen LogP contribution in [0.3, 0.4) is 0 Å². The Morgan fingerprint density at radius 2 is 2.00 bits per heavy atom. The van der Waals surface area contributed by atoms with Gasteiger partial charge in [0.25, 0.3) is 0 Å². The molecule has 1 amide bonds. The van der Waals surface area contributed by atoms with Gasteiger partial charge in [0.15, 0.2) is 11.5 Å². The van der Waals surface area contributed by atoms with Crippen LogP contribution < -0.4 is 4.74 Å². The highest BCUT2D eigenvalue weighted by molar-refractivity contribution is 5.77. The number of piperidine rings is 1. The van der Waals surface area contributed by atoms with E-state index < -0.39 is 16.6 Å². The van der Waals surface area contributed by atoms with Gasteiger partial charge in [0.2, 0.25) is 5.91 Å². The second kappa shape index (κ2) is 8.22. The number of phenols is 1. The van der Waals surface area contributed by atoms with E-state index in [0.29, 0.717) is 31.4 Å². The van der Waals surface area contributed by atoms with Crippen molar-refractivity contribution in [1.29, 1.82) is 0 Å². The van der Waals surface area contributed by atoms with Gasteiger partial charge in [0.05, 0.1) is 17.1 Å². The molecular weight excluding hydrogens is 476 g/mol. The van der Waals surface area contributed by atoms with Crippen molar-refractivity contribution < 1.29 is 19.7 Å². The van der Waals surface area contributed by atoms with Crippen LogP contribution in [0.2, 0.25) is 0 Å². The lowest BCUT2D eigenvalue weighted by atomic mass is 9.44. The number of hydrogen-bond acceptors (Lipinski definition) is 5. The first-order valence-corrected chi connectivity index (χ1v) is 14.5. The Morgan fingerprint density at radius 1 is 1.18 bits per heavy atom. The number of aryl methyl sites for hydroxylation is 2. The third kappa shape index (κ3) is 3.16. The van der Waals surface area contributed by atoms with Gasteiger partial charge in [-0.25, -0.2) is 0 Å². The number of benzene rings is 2. The molecule has 2 unspecified atom stereocenters. The summed E-state index contributed by atoms with van der Waals surface area (Å²) in [6.45, 7) is 6.15. The molecule has 2 bridgehead atoms. The van der Waals surface area contributed by atoms with E-state index >= 15 is 0 Å². The van der Waals surface area contributed by atoms with Crippen LogP contribution in [0, 0.1) is 12.8 Å². The molecule has 1 spiro atoms. The molecule has 3 fully saturated rings. The molecule has 38 heavy (non-hydrogen) atoms. The molecule has 3 aliphatic carbocycles. The van der Waals surface area contributed by atoms with Crippen molar-refractivity contribution >= 4 is 5.91 Å². The average molecular weight is 517 g/mol. The third-order valence-electron chi connectivity index (χ3n) is 10.9. The molecule has 2 saturated carbocycles. The van der Waals surface area contributed by atoms with Gasteiger partial charge in [0.1, 0.15) is 5.60 Å². The molecule has 6 heteroatoms. The van der Waals surface area contributed by atoms with Crippen molar-refractivity contribution in [3.63, 3.8) is 0 Å². The first kappa shape index (κ1) is 24.5. The molecule has 0 radical (unpaired) electrons. The number of likely N-dealkylation sites (N-methyl/N-ethyl adjacent to an activating group) is 1. The van der Waals surface area contributed by atoms with Gasteiger partial charge in [0, 0.05) is 31.6 Å². The number of hydrogen-bond donors (Lipinski definition) is 2. The maximum absolute atomic E-state index is 13.6. The number of amides is 1. The van der Waals surface area contributed by atoms with E-state index in [2.05, 4.69) is 36.9 Å². The number of aromatic hydroxyl groups is 1. The van der Waals surface area contributed by atoms with Crippen molar-refractivity contribution in [2.75, 3.05) is 20.1 Å². The van der Waals surface area contributed by atoms with Gasteiger partial charge >= 0.3 is 0 Å². The lowest BCUT2D eigenvalue weighted by molar-refractivity contribution is -0.230. The summed E-state index contributed by atoms with van der Waals surface area (Å²) in [6, 6.07) is 12.0. The highest BCUT2D eigenvalue weighted by Gasteiger charge is 2.78. The van der Waals surface area contributed by atoms with Gasteiger partial charge in [-0.05, 0) is 88.4 Å². The van der Waals surface area contributed by atoms with E-state index in [1.54, 1.807) is 6.07 Å². The monoisotopic (exact) mass is 516 g/mol. The summed E-state index contributed by atoms with van der Waals surface area (Å²) in [7, 11) is 1.91. The summed E-state index contributed by atoms with van der Waals surface area (Å²) in [5.41, 5.74) is 2.14. The van der Waals surface area contributed by atoms with E-state index in [9.17, 15) is 15.0 Å². The Labute approximate surface area is 225 Å². The largest absolute Gasteiger partial charge is 0.504 e. The van der Waals surface area contributed by atoms with Crippen molar-refractivity contribution in [2.45, 2.75) is 93.9 Å². The molecule has 5 aliphatic rings. The summed E-state index contributed by atoms with van der Waals surface area (Å²) in [5.74, 6) is 1.53. The Balaban J connectivity index is 1.25. The van der Waals surface area contributed by atoms with E-state index in [1.165, 1.54) is 29.5 Å². The van der Waals surface area contributed by atoms with Gasteiger partial charge in [-0.2, -0.15) is 0 Å². The fourth-order valence-electron chi connectivity index (χ4n) is 8.94. The van der Waals surface area contributed by atoms with E-state index in [1.807, 2.05) is 24.1 Å². The maximum Gasteiger partial charge on any atom is 0.223 e. The standard InChI is InChI=1S/C32H40N2O4/c1-20-5-4-6-21(17-20)9-12-27(36)33(3)25-13-14-32(37)26-18-23-10-11-24(35)29-28(23)31(32,30(25,2)38-29)15-16-34(26)19-22-7-8-22/h4-6,10-11,17,22,25-26,35,37H,7-9,12-16,18-19H2,1-3H3/t25?,26-,30?,31+,32-/m1/s1. The molecule has 6 nitrogen and oxygen atoms in total. The molecule has 5 atom stereocenters. The Kier molecular flexibility index (Phi) is 5.29. The highest BCUT2D eigenvalue weighted by atomic mass is 16.5. The zero-order valence-corrected chi connectivity index (χ0v) is 22.9. The summed E-state index contributed by atoms with van der Waals surface area (Å²) < 4.78 is 6.83. The highest BCUT2D eigenvalue weighted by Crippen LogP contribution is 2.69. The van der Waals surface area contributed by atoms with Gasteiger partial charge in [-0.15, -0.1) is 0 Å². The zero-order valence-electron chi connectivity index (χ0n) is 22.9. The van der Waals surface area contributed by atoms with E-state index in [0.717, 1.165) is 37.4 Å². The summed E-state index contributed by atoms with van der Waals surface area (Å²) in [5, 5.41) is 23.7. The Bertz CT molecular complexity index is 1310. The first-order valence-electron chi connectivity index (χ1n) is 14.5. The van der Waals surface area contributed by atoms with E-state index in [-0.39, 0.29) is 23.7 Å². The minimum absolute atomic E-state index is 0.0334. The average Bonchev–Trinajstić information content (AvgIpc) is 3.65. The van der Waals surface area contributed by atoms with Crippen LogP contribution in [0.1, 0.15) is 67.7 Å². The first-order chi connectivity index (χ1) is 18.2. The molecule has 2 N–H and O–H groups in total. The van der Waals surface area contributed by atoms with Crippen LogP contribution in [0.4, 0.5) is 0 Å². The van der Waals surface area contributed by atoms with Crippen molar-refractivity contribution in [3.05, 3.63) is 58.7 Å². The summed E-state index contributed by atoms with van der Waals surface area (Å²) in [4.78, 5) is 18.1. The molecule has 2 aromatic carbocycles. The molecule has 2 heterocycles. The van der Waals surface area contributed by atoms with Crippen LogP contribution in [0.25, 0.3) is 0 Å². The number of ether oxygens (including phenoxy) is 1. The van der Waals surface area contributed by atoms with Crippen LogP contribution >= 0.6 is 0 Å². The lowest BCUT2D eigenvalue weighted by Gasteiger charge is -2.68. The van der Waals surface area contributed by atoms with Crippen LogP contribution in [0.5, 0.6) is 11.5 Å². The third-order valence-corrected chi connectivity index (χ3v) is 10.9. The number of likely N-dealkylation sites (tertiary alicyclic amines) is 1. The van der Waals surface area contributed by atoms with Crippen molar-refractivity contribution in [3.8, 4) is 11.5 Å². The number of rotatable bonds is 6. The van der Waals surface area contributed by atoms with Crippen molar-refractivity contribution in [2.24, 2.45) is 5.92 Å². The van der Waals surface area contributed by atoms with Crippen molar-refractivity contribution in [1.82, 2.24) is 9.80 Å². The van der Waals surface area contributed by atoms with Crippen LogP contribution in [-0.2, 0) is 23.1 Å². The molecule has 202 valence electrons. The summed E-state index contributed by atoms with van der Waals surface area (Å²) >= 11 is 0. The number of carbonyl (C=O) groups excluding carboxylic acids is 1. The lowest BCUT2D eigenvalue weighted by Crippen LogP contribution is -2.82. The van der Waals surface area contributed by atoms with Gasteiger partial charge in [-0.3, -0.25) is 9.69 Å². The van der Waals surface area contributed by atoms with Gasteiger partial charge in [-0.1, -0.05) is 35.9 Å². The predicted octanol–water partition coefficient (Wildman–Crippen LogP) is 4.11. The molecule has 2 aromatic rings. The smallest absolute Gasteiger partial charge is 0.223 e. The minimum Gasteiger partial charge on any atom is -0.504 e. The van der Waals surface area contributed by atoms with Gasteiger partial charge < -0.3 is 19.8 Å². The second-order valence-corrected chi connectivity index (χ2v) is 12.9. The number of phenolic OH excluding ortho intramolecular Hbond substituents is 1. The second-order valence-electron chi connectivity index (χ2n) is 12.9. The summed E-state index contributed by atoms with van der Waals surface area (Å²) in [6.07, 6.45) is 6.58. The number of aliphatic hydroxyl groups is 1. The van der Waals surface area contributed by atoms with Crippen LogP contribution in [0.15, 0.2) is 36.4 Å². The topological polar surface area (TPSA) is 73.2 Å². The fourth-order valence-corrected chi connectivity index (χ4v) is 8.94. The minimum atomic E-state index is -0.955. The Hall–Kier alpha value is -2.57. The normalized spacial score (nSPS) is 34.9. The number of carbonyl (C=O) groups is 1. The molecule has 0 aromatic heterocycles. The molecule has 2 aliphatic heterocycles. The Morgan fingerprint density at radius 3 is 2.76 bits per heavy atom. The zero-order chi connectivity index (χ0) is 26.4. The molecular formula is C32H40N2O4.